The first-order valence-corrected chi connectivity index (χ1v) is 13.8. The first-order chi connectivity index (χ1) is 14.3. The van der Waals surface area contributed by atoms with Gasteiger partial charge in [-0.2, -0.15) is 0 Å². The van der Waals surface area contributed by atoms with Crippen LogP contribution in [0.15, 0.2) is 0 Å². The van der Waals surface area contributed by atoms with Crippen LogP contribution in [-0.4, -0.2) is 25.2 Å². The lowest BCUT2D eigenvalue weighted by Gasteiger charge is -2.26. The predicted octanol–water partition coefficient (Wildman–Crippen LogP) is 7.47. The van der Waals surface area contributed by atoms with E-state index in [-0.39, 0.29) is 0 Å². The summed E-state index contributed by atoms with van der Waals surface area (Å²) < 4.78 is 0. The molecule has 2 atom stereocenters. The highest BCUT2D eigenvalue weighted by molar-refractivity contribution is 4.86. The number of hydrogen-bond donors (Lipinski definition) is 2. The standard InChI is InChI=1S/C14H28N2.C11H20.C2H6/c1-12(10-14-11-16-14)15-9-5-4-8-13-6-2-3-7-13;1-2-6-10(7-3-1)11-8-4-5-9-11;1-2/h12-16H,2-11H2,1H3;10-11H,1-9H2;1-2H3. The molecule has 4 fully saturated rings. The molecule has 0 amide bonds. The third kappa shape index (κ3) is 11.2. The van der Waals surface area contributed by atoms with Crippen molar-refractivity contribution in [3.05, 3.63) is 0 Å². The van der Waals surface area contributed by atoms with E-state index in [1.54, 1.807) is 25.7 Å². The van der Waals surface area contributed by atoms with E-state index >= 15 is 0 Å². The van der Waals surface area contributed by atoms with Gasteiger partial charge in [0.1, 0.15) is 0 Å². The van der Waals surface area contributed by atoms with E-state index in [0.29, 0.717) is 6.04 Å². The van der Waals surface area contributed by atoms with Crippen molar-refractivity contribution in [3.63, 3.8) is 0 Å². The van der Waals surface area contributed by atoms with Gasteiger partial charge >= 0.3 is 0 Å². The van der Waals surface area contributed by atoms with Crippen molar-refractivity contribution in [2.24, 2.45) is 17.8 Å². The molecule has 1 aliphatic heterocycles. The highest BCUT2D eigenvalue weighted by Crippen LogP contribution is 2.39. The number of rotatable bonds is 9. The molecule has 29 heavy (non-hydrogen) atoms. The first-order valence-electron chi connectivity index (χ1n) is 13.8. The summed E-state index contributed by atoms with van der Waals surface area (Å²) in [6.45, 7) is 8.78. The van der Waals surface area contributed by atoms with E-state index < -0.39 is 0 Å². The van der Waals surface area contributed by atoms with Crippen molar-refractivity contribution in [1.82, 2.24) is 10.6 Å². The minimum absolute atomic E-state index is 0.700. The van der Waals surface area contributed by atoms with Crippen molar-refractivity contribution in [2.45, 2.75) is 142 Å². The van der Waals surface area contributed by atoms with E-state index in [1.165, 1.54) is 96.6 Å². The third-order valence-corrected chi connectivity index (χ3v) is 7.85. The van der Waals surface area contributed by atoms with E-state index in [4.69, 9.17) is 0 Å². The molecule has 0 bridgehead atoms. The minimum atomic E-state index is 0.700. The lowest BCUT2D eigenvalue weighted by molar-refractivity contribution is 0.252. The Labute approximate surface area is 183 Å². The Morgan fingerprint density at radius 3 is 1.83 bits per heavy atom. The Hall–Kier alpha value is -0.0800. The largest absolute Gasteiger partial charge is 0.314 e. The topological polar surface area (TPSA) is 34.0 Å². The van der Waals surface area contributed by atoms with Gasteiger partial charge in [0.15, 0.2) is 0 Å². The Kier molecular flexibility index (Phi) is 13.6. The molecule has 2 heteroatoms. The van der Waals surface area contributed by atoms with Crippen LogP contribution in [0.4, 0.5) is 0 Å². The molecule has 2 N–H and O–H groups in total. The van der Waals surface area contributed by atoms with Crippen LogP contribution in [0.25, 0.3) is 0 Å². The summed E-state index contributed by atoms with van der Waals surface area (Å²) in [5, 5.41) is 7.00. The summed E-state index contributed by atoms with van der Waals surface area (Å²) in [6.07, 6.45) is 25.5. The zero-order valence-electron chi connectivity index (χ0n) is 20.3. The Balaban J connectivity index is 0.000000201. The fraction of sp³-hybridized carbons (Fsp3) is 1.00. The minimum Gasteiger partial charge on any atom is -0.314 e. The second-order valence-electron chi connectivity index (χ2n) is 10.3. The molecule has 2 nitrogen and oxygen atoms in total. The van der Waals surface area contributed by atoms with Gasteiger partial charge in [0.25, 0.3) is 0 Å². The molecule has 3 aliphatic carbocycles. The van der Waals surface area contributed by atoms with Crippen LogP contribution in [0.3, 0.4) is 0 Å². The van der Waals surface area contributed by atoms with Gasteiger partial charge in [-0.15, -0.1) is 0 Å². The second-order valence-corrected chi connectivity index (χ2v) is 10.3. The van der Waals surface area contributed by atoms with Crippen LogP contribution < -0.4 is 10.6 Å². The maximum Gasteiger partial charge on any atom is 0.0207 e. The van der Waals surface area contributed by atoms with Crippen LogP contribution >= 0.6 is 0 Å². The normalized spacial score (nSPS) is 26.4. The van der Waals surface area contributed by atoms with Crippen molar-refractivity contribution in [1.29, 1.82) is 0 Å². The van der Waals surface area contributed by atoms with Crippen LogP contribution in [-0.2, 0) is 0 Å². The monoisotopic (exact) mass is 406 g/mol. The van der Waals surface area contributed by atoms with Gasteiger partial charge in [0, 0.05) is 18.6 Å². The molecule has 2 unspecified atom stereocenters. The Morgan fingerprint density at radius 2 is 1.28 bits per heavy atom. The first kappa shape index (κ1) is 25.2. The molecular weight excluding hydrogens is 352 g/mol. The van der Waals surface area contributed by atoms with Gasteiger partial charge in [-0.05, 0) is 44.1 Å². The molecule has 4 aliphatic rings. The number of hydrogen-bond acceptors (Lipinski definition) is 2. The van der Waals surface area contributed by atoms with Crippen LogP contribution in [0.5, 0.6) is 0 Å². The molecule has 0 radical (unpaired) electrons. The molecular formula is C27H54N2. The fourth-order valence-electron chi connectivity index (χ4n) is 6.00. The Morgan fingerprint density at radius 1 is 0.759 bits per heavy atom. The summed E-state index contributed by atoms with van der Waals surface area (Å²) in [6, 6.07) is 1.52. The smallest absolute Gasteiger partial charge is 0.0207 e. The van der Waals surface area contributed by atoms with Gasteiger partial charge in [0.2, 0.25) is 0 Å². The maximum atomic E-state index is 3.64. The lowest BCUT2D eigenvalue weighted by Crippen LogP contribution is -2.28. The average Bonchev–Trinajstić information content (AvgIpc) is 3.21. The third-order valence-electron chi connectivity index (χ3n) is 7.85. The highest BCUT2D eigenvalue weighted by atomic mass is 15.1. The predicted molar refractivity (Wildman–Crippen MR) is 130 cm³/mol. The van der Waals surface area contributed by atoms with Crippen molar-refractivity contribution in [3.8, 4) is 0 Å². The molecule has 4 rings (SSSR count). The van der Waals surface area contributed by atoms with Gasteiger partial charge < -0.3 is 10.6 Å². The zero-order chi connectivity index (χ0) is 20.7. The summed E-state index contributed by atoms with van der Waals surface area (Å²) in [5.41, 5.74) is 0. The van der Waals surface area contributed by atoms with E-state index in [0.717, 1.165) is 23.8 Å². The van der Waals surface area contributed by atoms with Gasteiger partial charge in [-0.25, -0.2) is 0 Å². The average molecular weight is 407 g/mol. The highest BCUT2D eigenvalue weighted by Gasteiger charge is 2.25. The van der Waals surface area contributed by atoms with Crippen LogP contribution in [0.1, 0.15) is 130 Å². The molecule has 0 aromatic rings. The van der Waals surface area contributed by atoms with Gasteiger partial charge in [0.05, 0.1) is 0 Å². The second kappa shape index (κ2) is 15.7. The lowest BCUT2D eigenvalue weighted by atomic mass is 9.79. The molecule has 3 saturated carbocycles. The van der Waals surface area contributed by atoms with Crippen molar-refractivity contribution >= 4 is 0 Å². The number of unbranched alkanes of at least 4 members (excludes halogenated alkanes) is 1. The molecule has 1 heterocycles. The number of nitrogens with one attached hydrogen (secondary N) is 2. The fourth-order valence-corrected chi connectivity index (χ4v) is 6.00. The Bertz CT molecular complexity index is 361. The molecule has 1 saturated heterocycles. The molecule has 0 aromatic heterocycles. The van der Waals surface area contributed by atoms with Crippen LogP contribution in [0.2, 0.25) is 0 Å². The molecule has 0 spiro atoms. The van der Waals surface area contributed by atoms with E-state index in [9.17, 15) is 0 Å². The summed E-state index contributed by atoms with van der Waals surface area (Å²) in [7, 11) is 0. The van der Waals surface area contributed by atoms with E-state index in [2.05, 4.69) is 17.6 Å². The van der Waals surface area contributed by atoms with Crippen molar-refractivity contribution in [2.75, 3.05) is 13.1 Å². The summed E-state index contributed by atoms with van der Waals surface area (Å²) in [5.74, 6) is 3.37. The van der Waals surface area contributed by atoms with Gasteiger partial charge in [-0.3, -0.25) is 0 Å². The SMILES string of the molecule is C1CCC(C2CCCC2)CC1.CC.CC(CC1CN1)NCCCCC1CCCC1. The maximum absolute atomic E-state index is 3.64. The van der Waals surface area contributed by atoms with Crippen molar-refractivity contribution < 1.29 is 0 Å². The summed E-state index contributed by atoms with van der Waals surface area (Å²) in [4.78, 5) is 0. The zero-order valence-corrected chi connectivity index (χ0v) is 20.3. The van der Waals surface area contributed by atoms with Gasteiger partial charge in [-0.1, -0.05) is 110 Å². The molecule has 0 aromatic carbocycles. The quantitative estimate of drug-likeness (QED) is 0.307. The van der Waals surface area contributed by atoms with Crippen LogP contribution in [0, 0.1) is 17.8 Å². The van der Waals surface area contributed by atoms with E-state index in [1.807, 2.05) is 13.8 Å². The summed E-state index contributed by atoms with van der Waals surface area (Å²) >= 11 is 0. The molecule has 172 valence electrons.